The van der Waals surface area contributed by atoms with Gasteiger partial charge in [-0.15, -0.1) is 0 Å². The minimum atomic E-state index is 0.720. The van der Waals surface area contributed by atoms with Crippen LogP contribution >= 0.6 is 0 Å². The predicted molar refractivity (Wildman–Crippen MR) is 79.1 cm³/mol. The van der Waals surface area contributed by atoms with E-state index in [0.717, 1.165) is 50.6 Å². The Bertz CT molecular complexity index is 495. The van der Waals surface area contributed by atoms with Crippen LogP contribution in [0, 0.1) is 0 Å². The van der Waals surface area contributed by atoms with Gasteiger partial charge >= 0.3 is 0 Å². The molecule has 0 saturated carbocycles. The number of nitrogens with zero attached hydrogens (tertiary/aromatic N) is 3. The third kappa shape index (κ3) is 4.46. The fraction of sp³-hybridized carbons (Fsp3) is 0.500. The molecule has 2 aromatic rings. The van der Waals surface area contributed by atoms with Crippen LogP contribution in [0.4, 0.5) is 0 Å². The molecule has 0 N–H and O–H groups in total. The van der Waals surface area contributed by atoms with Crippen molar-refractivity contribution in [1.82, 2.24) is 15.0 Å². The molecule has 0 aliphatic rings. The van der Waals surface area contributed by atoms with Crippen LogP contribution in [0.2, 0.25) is 0 Å². The minimum Gasteiger partial charge on any atom is -0.338 e. The quantitative estimate of drug-likeness (QED) is 0.739. The molecule has 1 aromatic carbocycles. The van der Waals surface area contributed by atoms with Gasteiger partial charge in [-0.05, 0) is 24.9 Å². The molecule has 0 atom stereocenters. The molecule has 0 amide bonds. The average Bonchev–Trinajstić information content (AvgIpc) is 2.88. The van der Waals surface area contributed by atoms with Crippen molar-refractivity contribution in [3.63, 3.8) is 0 Å². The summed E-state index contributed by atoms with van der Waals surface area (Å²) in [7, 11) is 0. The molecule has 20 heavy (non-hydrogen) atoms. The van der Waals surface area contributed by atoms with E-state index in [4.69, 9.17) is 4.52 Å². The van der Waals surface area contributed by atoms with Crippen LogP contribution in [0.1, 0.15) is 44.0 Å². The first-order valence-electron chi connectivity index (χ1n) is 7.39. The Labute approximate surface area is 120 Å². The zero-order valence-electron chi connectivity index (χ0n) is 12.4. The van der Waals surface area contributed by atoms with E-state index in [2.05, 4.69) is 53.2 Å². The first kappa shape index (κ1) is 14.7. The molecule has 4 nitrogen and oxygen atoms in total. The maximum absolute atomic E-state index is 5.33. The second kappa shape index (κ2) is 7.80. The summed E-state index contributed by atoms with van der Waals surface area (Å²) in [5.74, 6) is 1.54. The average molecular weight is 273 g/mol. The van der Waals surface area contributed by atoms with Crippen LogP contribution in [0.25, 0.3) is 0 Å². The zero-order valence-corrected chi connectivity index (χ0v) is 12.4. The lowest BCUT2D eigenvalue weighted by Gasteiger charge is -2.19. The smallest absolute Gasteiger partial charge is 0.240 e. The molecule has 1 aromatic heterocycles. The van der Waals surface area contributed by atoms with Crippen LogP contribution in [0.15, 0.2) is 34.9 Å². The standard InChI is InChI=1S/C16H23N3O/c1-3-8-15-17-16(20-18-15)13-19(11-4-2)12-14-9-6-5-7-10-14/h5-7,9-10H,3-4,8,11-13H2,1-2H3. The van der Waals surface area contributed by atoms with Crippen molar-refractivity contribution in [3.05, 3.63) is 47.6 Å². The number of benzene rings is 1. The van der Waals surface area contributed by atoms with E-state index in [0.29, 0.717) is 0 Å². The van der Waals surface area contributed by atoms with Gasteiger partial charge in [-0.3, -0.25) is 4.90 Å². The molecule has 2 rings (SSSR count). The number of aromatic nitrogens is 2. The maximum atomic E-state index is 5.33. The van der Waals surface area contributed by atoms with E-state index in [1.807, 2.05) is 6.07 Å². The third-order valence-corrected chi connectivity index (χ3v) is 3.13. The Morgan fingerprint density at radius 1 is 1.05 bits per heavy atom. The predicted octanol–water partition coefficient (Wildman–Crippen LogP) is 3.43. The molecule has 0 spiro atoms. The summed E-state index contributed by atoms with van der Waals surface area (Å²) in [5, 5.41) is 4.01. The van der Waals surface area contributed by atoms with E-state index in [-0.39, 0.29) is 0 Å². The molecule has 108 valence electrons. The molecule has 0 unspecified atom stereocenters. The normalized spacial score (nSPS) is 11.2. The highest BCUT2D eigenvalue weighted by Gasteiger charge is 2.11. The van der Waals surface area contributed by atoms with Crippen LogP contribution in [-0.4, -0.2) is 21.6 Å². The van der Waals surface area contributed by atoms with Crippen LogP contribution in [0.3, 0.4) is 0 Å². The lowest BCUT2D eigenvalue weighted by atomic mass is 10.2. The summed E-state index contributed by atoms with van der Waals surface area (Å²) in [4.78, 5) is 6.79. The molecular formula is C16H23N3O. The summed E-state index contributed by atoms with van der Waals surface area (Å²) in [6.45, 7) is 6.98. The number of rotatable bonds is 8. The minimum absolute atomic E-state index is 0.720. The number of aryl methyl sites for hydroxylation is 1. The highest BCUT2D eigenvalue weighted by atomic mass is 16.5. The maximum Gasteiger partial charge on any atom is 0.240 e. The highest BCUT2D eigenvalue weighted by Crippen LogP contribution is 2.10. The van der Waals surface area contributed by atoms with Gasteiger partial charge in [0.15, 0.2) is 5.82 Å². The monoisotopic (exact) mass is 273 g/mol. The third-order valence-electron chi connectivity index (χ3n) is 3.13. The van der Waals surface area contributed by atoms with Gasteiger partial charge in [0.2, 0.25) is 5.89 Å². The Morgan fingerprint density at radius 2 is 1.85 bits per heavy atom. The van der Waals surface area contributed by atoms with Crippen LogP contribution < -0.4 is 0 Å². The number of hydrogen-bond acceptors (Lipinski definition) is 4. The molecule has 4 heteroatoms. The van der Waals surface area contributed by atoms with Gasteiger partial charge in [0.25, 0.3) is 0 Å². The Morgan fingerprint density at radius 3 is 2.55 bits per heavy atom. The van der Waals surface area contributed by atoms with E-state index in [1.165, 1.54) is 5.56 Å². The Balaban J connectivity index is 1.97. The van der Waals surface area contributed by atoms with Gasteiger partial charge in [-0.2, -0.15) is 4.98 Å². The highest BCUT2D eigenvalue weighted by molar-refractivity contribution is 5.14. The molecule has 0 aliphatic carbocycles. The molecule has 0 fully saturated rings. The molecule has 0 radical (unpaired) electrons. The van der Waals surface area contributed by atoms with Crippen molar-refractivity contribution >= 4 is 0 Å². The van der Waals surface area contributed by atoms with E-state index in [9.17, 15) is 0 Å². The number of hydrogen-bond donors (Lipinski definition) is 0. The lowest BCUT2D eigenvalue weighted by molar-refractivity contribution is 0.219. The van der Waals surface area contributed by atoms with Gasteiger partial charge in [-0.25, -0.2) is 0 Å². The Hall–Kier alpha value is -1.68. The molecular weight excluding hydrogens is 250 g/mol. The molecule has 0 bridgehead atoms. The summed E-state index contributed by atoms with van der Waals surface area (Å²) in [5.41, 5.74) is 1.31. The summed E-state index contributed by atoms with van der Waals surface area (Å²) >= 11 is 0. The Kier molecular flexibility index (Phi) is 5.74. The second-order valence-corrected chi connectivity index (χ2v) is 5.05. The van der Waals surface area contributed by atoms with Gasteiger partial charge in [0.1, 0.15) is 0 Å². The van der Waals surface area contributed by atoms with E-state index in [1.54, 1.807) is 0 Å². The fourth-order valence-electron chi connectivity index (χ4n) is 2.24. The van der Waals surface area contributed by atoms with Crippen molar-refractivity contribution in [2.45, 2.75) is 46.2 Å². The largest absolute Gasteiger partial charge is 0.338 e. The van der Waals surface area contributed by atoms with E-state index >= 15 is 0 Å². The van der Waals surface area contributed by atoms with Gasteiger partial charge < -0.3 is 4.52 Å². The topological polar surface area (TPSA) is 42.2 Å². The second-order valence-electron chi connectivity index (χ2n) is 5.05. The van der Waals surface area contributed by atoms with Crippen LogP contribution in [0.5, 0.6) is 0 Å². The molecule has 0 saturated heterocycles. The SMILES string of the molecule is CCCc1noc(CN(CCC)Cc2ccccc2)n1. The first-order chi connectivity index (χ1) is 9.81. The zero-order chi connectivity index (χ0) is 14.2. The first-order valence-corrected chi connectivity index (χ1v) is 7.39. The van der Waals surface area contributed by atoms with Crippen molar-refractivity contribution in [3.8, 4) is 0 Å². The van der Waals surface area contributed by atoms with Crippen molar-refractivity contribution < 1.29 is 4.52 Å². The fourth-order valence-corrected chi connectivity index (χ4v) is 2.24. The van der Waals surface area contributed by atoms with Gasteiger partial charge in [-0.1, -0.05) is 49.3 Å². The molecule has 0 aliphatic heterocycles. The van der Waals surface area contributed by atoms with Crippen molar-refractivity contribution in [2.75, 3.05) is 6.54 Å². The van der Waals surface area contributed by atoms with Crippen molar-refractivity contribution in [2.24, 2.45) is 0 Å². The summed E-state index contributed by atoms with van der Waals surface area (Å²) in [6.07, 6.45) is 3.04. The summed E-state index contributed by atoms with van der Waals surface area (Å²) < 4.78 is 5.33. The molecule has 1 heterocycles. The lowest BCUT2D eigenvalue weighted by Crippen LogP contribution is -2.23. The van der Waals surface area contributed by atoms with Gasteiger partial charge in [0.05, 0.1) is 6.54 Å². The van der Waals surface area contributed by atoms with Gasteiger partial charge in [0, 0.05) is 13.0 Å². The van der Waals surface area contributed by atoms with Crippen LogP contribution in [-0.2, 0) is 19.5 Å². The van der Waals surface area contributed by atoms with Crippen molar-refractivity contribution in [1.29, 1.82) is 0 Å². The van der Waals surface area contributed by atoms with E-state index < -0.39 is 0 Å². The summed E-state index contributed by atoms with van der Waals surface area (Å²) in [6, 6.07) is 10.5.